The second-order valence-corrected chi connectivity index (χ2v) is 7.84. The van der Waals surface area contributed by atoms with Gasteiger partial charge in [-0.3, -0.25) is 9.69 Å². The lowest BCUT2D eigenvalue weighted by molar-refractivity contribution is 0.183. The summed E-state index contributed by atoms with van der Waals surface area (Å²) in [5, 5.41) is 11.3. The van der Waals surface area contributed by atoms with E-state index in [9.17, 15) is 9.90 Å². The van der Waals surface area contributed by atoms with Crippen molar-refractivity contribution in [1.82, 2.24) is 14.9 Å². The summed E-state index contributed by atoms with van der Waals surface area (Å²) in [4.78, 5) is 22.3. The summed E-state index contributed by atoms with van der Waals surface area (Å²) in [7, 11) is 0. The van der Waals surface area contributed by atoms with Crippen LogP contribution in [-0.4, -0.2) is 33.1 Å². The molecule has 5 nitrogen and oxygen atoms in total. The Morgan fingerprint density at radius 3 is 2.28 bits per heavy atom. The molecule has 0 aliphatic carbocycles. The van der Waals surface area contributed by atoms with Crippen molar-refractivity contribution < 1.29 is 5.11 Å². The van der Waals surface area contributed by atoms with E-state index in [2.05, 4.69) is 39.1 Å². The summed E-state index contributed by atoms with van der Waals surface area (Å²) in [6, 6.07) is 22.5. The quantitative estimate of drug-likeness (QED) is 0.466. The first-order valence-electron chi connectivity index (χ1n) is 9.67. The largest absolute Gasteiger partial charge is 0.396 e. The van der Waals surface area contributed by atoms with Crippen LogP contribution >= 0.6 is 11.3 Å². The molecular weight excluding hydrogens is 382 g/mol. The monoisotopic (exact) mass is 405 g/mol. The summed E-state index contributed by atoms with van der Waals surface area (Å²) in [5.41, 5.74) is 2.95. The minimum atomic E-state index is -0.0990. The molecule has 2 aromatic carbocycles. The van der Waals surface area contributed by atoms with E-state index in [1.807, 2.05) is 47.8 Å². The van der Waals surface area contributed by atoms with E-state index < -0.39 is 0 Å². The Morgan fingerprint density at radius 2 is 1.66 bits per heavy atom. The predicted octanol–water partition coefficient (Wildman–Crippen LogP) is 3.96. The van der Waals surface area contributed by atoms with Crippen LogP contribution in [0.25, 0.3) is 10.2 Å². The average Bonchev–Trinajstić information content (AvgIpc) is 3.23. The minimum absolute atomic E-state index is 0.00702. The molecule has 4 aromatic rings. The van der Waals surface area contributed by atoms with E-state index >= 15 is 0 Å². The lowest BCUT2D eigenvalue weighted by Gasteiger charge is -2.32. The van der Waals surface area contributed by atoms with E-state index in [0.29, 0.717) is 30.0 Å². The highest BCUT2D eigenvalue weighted by molar-refractivity contribution is 7.17. The lowest BCUT2D eigenvalue weighted by Crippen LogP contribution is -2.32. The lowest BCUT2D eigenvalue weighted by atomic mass is 9.96. The molecule has 0 atom stereocenters. The topological polar surface area (TPSA) is 69.2 Å². The fourth-order valence-corrected chi connectivity index (χ4v) is 4.37. The van der Waals surface area contributed by atoms with Crippen molar-refractivity contribution in [2.75, 3.05) is 13.2 Å². The smallest absolute Gasteiger partial charge is 0.268 e. The third kappa shape index (κ3) is 4.45. The molecule has 0 bridgehead atoms. The number of nitrogens with zero attached hydrogens (tertiary/aromatic N) is 2. The van der Waals surface area contributed by atoms with Gasteiger partial charge in [0.15, 0.2) is 0 Å². The maximum Gasteiger partial charge on any atom is 0.268 e. The van der Waals surface area contributed by atoms with Gasteiger partial charge in [-0.15, -0.1) is 11.3 Å². The van der Waals surface area contributed by atoms with Crippen LogP contribution in [-0.2, 0) is 6.54 Å². The number of H-pyrrole nitrogens is 1. The summed E-state index contributed by atoms with van der Waals surface area (Å²) in [6.07, 6.45) is 0.640. The molecule has 4 rings (SSSR count). The van der Waals surface area contributed by atoms with Crippen molar-refractivity contribution in [2.45, 2.75) is 19.0 Å². The highest BCUT2D eigenvalue weighted by Crippen LogP contribution is 2.30. The fourth-order valence-electron chi connectivity index (χ4n) is 3.65. The van der Waals surface area contributed by atoms with Crippen LogP contribution in [0, 0.1) is 0 Å². The highest BCUT2D eigenvalue weighted by atomic mass is 32.1. The van der Waals surface area contributed by atoms with Gasteiger partial charge in [-0.25, -0.2) is 4.98 Å². The predicted molar refractivity (Wildman–Crippen MR) is 117 cm³/mol. The van der Waals surface area contributed by atoms with E-state index in [1.54, 1.807) is 0 Å². The zero-order chi connectivity index (χ0) is 20.1. The van der Waals surface area contributed by atoms with Gasteiger partial charge in [0.05, 0.1) is 18.1 Å². The Balaban J connectivity index is 1.75. The molecule has 6 heteroatoms. The third-order valence-electron chi connectivity index (χ3n) is 4.92. The number of rotatable bonds is 8. The molecule has 0 amide bonds. The molecule has 0 unspecified atom stereocenters. The molecule has 2 heterocycles. The van der Waals surface area contributed by atoms with E-state index in [1.165, 1.54) is 11.3 Å². The number of aliphatic hydroxyl groups is 1. The standard InChI is InChI=1S/C23H23N3O2S/c27-14-7-13-26(16-20-24-19-12-15-29-22(19)23(28)25-20)21(17-8-3-1-4-9-17)18-10-5-2-6-11-18/h1-6,8-12,15,21,27H,7,13-14,16H2,(H,24,25,28). The molecule has 2 N–H and O–H groups in total. The van der Waals surface area contributed by atoms with Crippen molar-refractivity contribution >= 4 is 21.6 Å². The van der Waals surface area contributed by atoms with E-state index in [-0.39, 0.29) is 18.2 Å². The third-order valence-corrected chi connectivity index (χ3v) is 5.82. The summed E-state index contributed by atoms with van der Waals surface area (Å²) >= 11 is 1.40. The molecule has 0 radical (unpaired) electrons. The second-order valence-electron chi connectivity index (χ2n) is 6.92. The number of aromatic nitrogens is 2. The van der Waals surface area contributed by atoms with Gasteiger partial charge in [-0.1, -0.05) is 60.7 Å². The first-order valence-corrected chi connectivity index (χ1v) is 10.6. The molecule has 0 spiro atoms. The Bertz CT molecular complexity index is 1070. The molecule has 148 valence electrons. The van der Waals surface area contributed by atoms with Crippen molar-refractivity contribution in [3.05, 3.63) is 99.4 Å². The summed E-state index contributed by atoms with van der Waals surface area (Å²) in [5.74, 6) is 0.635. The minimum Gasteiger partial charge on any atom is -0.396 e. The summed E-state index contributed by atoms with van der Waals surface area (Å²) in [6.45, 7) is 1.27. The number of fused-ring (bicyclic) bond motifs is 1. The SMILES string of the molecule is O=c1[nH]c(CN(CCCO)C(c2ccccc2)c2ccccc2)nc2ccsc12. The Labute approximate surface area is 173 Å². The highest BCUT2D eigenvalue weighted by Gasteiger charge is 2.23. The van der Waals surface area contributed by atoms with Crippen LogP contribution < -0.4 is 5.56 Å². The van der Waals surface area contributed by atoms with E-state index in [4.69, 9.17) is 0 Å². The molecule has 0 saturated carbocycles. The second kappa shape index (κ2) is 9.13. The molecule has 29 heavy (non-hydrogen) atoms. The van der Waals surface area contributed by atoms with Gasteiger partial charge in [-0.2, -0.15) is 0 Å². The van der Waals surface area contributed by atoms with Crippen molar-refractivity contribution in [1.29, 1.82) is 0 Å². The molecule has 2 aromatic heterocycles. The first kappa shape index (κ1) is 19.5. The normalized spacial score (nSPS) is 11.6. The van der Waals surface area contributed by atoms with Gasteiger partial charge in [0, 0.05) is 13.2 Å². The van der Waals surface area contributed by atoms with Crippen LogP contribution in [0.4, 0.5) is 0 Å². The van der Waals surface area contributed by atoms with Gasteiger partial charge in [0.25, 0.3) is 5.56 Å². The van der Waals surface area contributed by atoms with Crippen molar-refractivity contribution in [3.8, 4) is 0 Å². The van der Waals surface area contributed by atoms with Gasteiger partial charge in [0.2, 0.25) is 0 Å². The maximum absolute atomic E-state index is 12.4. The van der Waals surface area contributed by atoms with Gasteiger partial charge in [0.1, 0.15) is 10.5 Å². The Morgan fingerprint density at radius 1 is 1.00 bits per heavy atom. The summed E-state index contributed by atoms with van der Waals surface area (Å²) < 4.78 is 0.651. The maximum atomic E-state index is 12.4. The fraction of sp³-hybridized carbons (Fsp3) is 0.217. The number of nitrogens with one attached hydrogen (secondary N) is 1. The number of aliphatic hydroxyl groups excluding tert-OH is 1. The van der Waals surface area contributed by atoms with Gasteiger partial charge < -0.3 is 10.1 Å². The first-order chi connectivity index (χ1) is 14.3. The Kier molecular flexibility index (Phi) is 6.14. The Hall–Kier alpha value is -2.80. The van der Waals surface area contributed by atoms with Gasteiger partial charge in [-0.05, 0) is 29.0 Å². The van der Waals surface area contributed by atoms with Crippen LogP contribution in [0.1, 0.15) is 29.4 Å². The molecule has 0 fully saturated rings. The number of aromatic amines is 1. The molecular formula is C23H23N3O2S. The number of hydrogen-bond acceptors (Lipinski definition) is 5. The molecule has 0 saturated heterocycles. The molecule has 0 aliphatic rings. The zero-order valence-electron chi connectivity index (χ0n) is 16.0. The zero-order valence-corrected chi connectivity index (χ0v) is 16.8. The van der Waals surface area contributed by atoms with Crippen molar-refractivity contribution in [2.24, 2.45) is 0 Å². The number of hydrogen-bond donors (Lipinski definition) is 2. The number of benzene rings is 2. The van der Waals surface area contributed by atoms with E-state index in [0.717, 1.165) is 16.6 Å². The average molecular weight is 406 g/mol. The van der Waals surface area contributed by atoms with Crippen molar-refractivity contribution in [3.63, 3.8) is 0 Å². The molecule has 0 aliphatic heterocycles. The van der Waals surface area contributed by atoms with Crippen LogP contribution in [0.2, 0.25) is 0 Å². The van der Waals surface area contributed by atoms with Crippen LogP contribution in [0.3, 0.4) is 0 Å². The van der Waals surface area contributed by atoms with Crippen LogP contribution in [0.5, 0.6) is 0 Å². The van der Waals surface area contributed by atoms with Crippen LogP contribution in [0.15, 0.2) is 76.9 Å². The van der Waals surface area contributed by atoms with Gasteiger partial charge >= 0.3 is 0 Å². The number of thiophene rings is 1.